The van der Waals surface area contributed by atoms with Crippen LogP contribution in [-0.2, 0) is 16.6 Å². The molecule has 0 saturated carbocycles. The van der Waals surface area contributed by atoms with Crippen LogP contribution in [0.3, 0.4) is 0 Å². The number of carbonyl (C=O) groups is 1. The first kappa shape index (κ1) is 11.0. The smallest absolute Gasteiger partial charge is 0.155 e. The first-order valence-corrected chi connectivity index (χ1v) is 6.58. The van der Waals surface area contributed by atoms with Crippen LogP contribution in [0.2, 0.25) is 5.02 Å². The van der Waals surface area contributed by atoms with Gasteiger partial charge in [0, 0.05) is 16.9 Å². The van der Waals surface area contributed by atoms with E-state index in [4.69, 9.17) is 11.6 Å². The van der Waals surface area contributed by atoms with Gasteiger partial charge in [-0.25, -0.2) is 0 Å². The number of aryl methyl sites for hydroxylation is 1. The number of allylic oxidation sites excluding steroid dienone is 2. The van der Waals surface area contributed by atoms with Crippen LogP contribution < -0.4 is 0 Å². The number of benzene rings is 1. The fourth-order valence-electron chi connectivity index (χ4n) is 3.16. The second-order valence-corrected chi connectivity index (χ2v) is 5.55. The highest BCUT2D eigenvalue weighted by molar-refractivity contribution is 6.30. The maximum absolute atomic E-state index is 11.4. The fraction of sp³-hybridized carbons (Fsp3) is 0.400. The van der Waals surface area contributed by atoms with Gasteiger partial charge in [-0.15, -0.1) is 0 Å². The van der Waals surface area contributed by atoms with Gasteiger partial charge in [-0.1, -0.05) is 23.7 Å². The first-order chi connectivity index (χ1) is 8.20. The van der Waals surface area contributed by atoms with E-state index in [1.165, 1.54) is 17.5 Å². The molecule has 0 aromatic heterocycles. The third-order valence-corrected chi connectivity index (χ3v) is 4.32. The summed E-state index contributed by atoms with van der Waals surface area (Å²) in [6.07, 6.45) is 8.97. The molecule has 2 aliphatic rings. The molecule has 17 heavy (non-hydrogen) atoms. The summed E-state index contributed by atoms with van der Waals surface area (Å²) in [7, 11) is 0. The molecule has 3 rings (SSSR count). The van der Waals surface area contributed by atoms with Gasteiger partial charge in [-0.3, -0.25) is 4.79 Å². The number of hydrogen-bond acceptors (Lipinski definition) is 1. The normalized spacial score (nSPS) is 27.2. The van der Waals surface area contributed by atoms with Gasteiger partial charge >= 0.3 is 0 Å². The van der Waals surface area contributed by atoms with Crippen molar-refractivity contribution in [1.82, 2.24) is 0 Å². The van der Waals surface area contributed by atoms with Crippen molar-refractivity contribution in [3.8, 4) is 0 Å². The van der Waals surface area contributed by atoms with E-state index >= 15 is 0 Å². The molecule has 0 N–H and O–H groups in total. The zero-order chi connectivity index (χ0) is 11.9. The van der Waals surface area contributed by atoms with Crippen molar-refractivity contribution in [2.45, 2.75) is 37.5 Å². The average Bonchev–Trinajstić information content (AvgIpc) is 2.34. The monoisotopic (exact) mass is 246 g/mol. The summed E-state index contributed by atoms with van der Waals surface area (Å²) in [4.78, 5) is 11.4. The maximum Gasteiger partial charge on any atom is 0.155 e. The lowest BCUT2D eigenvalue weighted by Crippen LogP contribution is -2.32. The molecule has 0 aliphatic heterocycles. The Balaban J connectivity index is 2.13. The van der Waals surface area contributed by atoms with Crippen molar-refractivity contribution in [3.05, 3.63) is 46.5 Å². The standard InChI is InChI=1S/C15H15ClO/c16-12-4-3-11-2-1-7-15(14(11)10-12)8-5-13(17)6-9-15/h3-5,8,10H,1-2,6-7,9H2/t15-/m1/s1. The van der Waals surface area contributed by atoms with Crippen LogP contribution >= 0.6 is 11.6 Å². The highest BCUT2D eigenvalue weighted by Crippen LogP contribution is 2.44. The van der Waals surface area contributed by atoms with Crippen molar-refractivity contribution in [3.63, 3.8) is 0 Å². The SMILES string of the molecule is O=C1C=C[C@]2(CCCc3ccc(Cl)cc32)CC1. The molecule has 1 spiro atoms. The maximum atomic E-state index is 11.4. The van der Waals surface area contributed by atoms with E-state index in [0.29, 0.717) is 6.42 Å². The Bertz CT molecular complexity index is 504. The molecule has 0 bridgehead atoms. The van der Waals surface area contributed by atoms with Gasteiger partial charge in [0.1, 0.15) is 0 Å². The zero-order valence-corrected chi connectivity index (χ0v) is 10.5. The molecule has 0 radical (unpaired) electrons. The molecule has 0 heterocycles. The van der Waals surface area contributed by atoms with Gasteiger partial charge in [-0.05, 0) is 55.0 Å². The van der Waals surface area contributed by atoms with Crippen LogP contribution in [0.15, 0.2) is 30.4 Å². The van der Waals surface area contributed by atoms with Crippen LogP contribution in [0.25, 0.3) is 0 Å². The number of carbonyl (C=O) groups excluding carboxylic acids is 1. The predicted octanol–water partition coefficient (Wildman–Crippen LogP) is 3.83. The van der Waals surface area contributed by atoms with Gasteiger partial charge in [0.05, 0.1) is 0 Å². The van der Waals surface area contributed by atoms with Crippen molar-refractivity contribution in [2.75, 3.05) is 0 Å². The molecule has 1 aromatic carbocycles. The topological polar surface area (TPSA) is 17.1 Å². The number of hydrogen-bond donors (Lipinski definition) is 0. The fourth-order valence-corrected chi connectivity index (χ4v) is 3.33. The second kappa shape index (κ2) is 3.99. The van der Waals surface area contributed by atoms with E-state index < -0.39 is 0 Å². The summed E-state index contributed by atoms with van der Waals surface area (Å²) in [5.41, 5.74) is 2.83. The summed E-state index contributed by atoms with van der Waals surface area (Å²) < 4.78 is 0. The third kappa shape index (κ3) is 1.83. The summed E-state index contributed by atoms with van der Waals surface area (Å²) >= 11 is 6.12. The lowest BCUT2D eigenvalue weighted by atomic mass is 9.65. The highest BCUT2D eigenvalue weighted by atomic mass is 35.5. The van der Waals surface area contributed by atoms with Gasteiger partial charge in [0.25, 0.3) is 0 Å². The molecule has 0 fully saturated rings. The molecule has 0 amide bonds. The number of rotatable bonds is 0. The summed E-state index contributed by atoms with van der Waals surface area (Å²) in [6.45, 7) is 0. The molecule has 0 saturated heterocycles. The molecule has 88 valence electrons. The van der Waals surface area contributed by atoms with Crippen LogP contribution in [0, 0.1) is 0 Å². The van der Waals surface area contributed by atoms with E-state index in [1.54, 1.807) is 6.08 Å². The average molecular weight is 247 g/mol. The summed E-state index contributed by atoms with van der Waals surface area (Å²) in [5.74, 6) is 0.254. The molecular weight excluding hydrogens is 232 g/mol. The van der Waals surface area contributed by atoms with Crippen LogP contribution in [0.5, 0.6) is 0 Å². The largest absolute Gasteiger partial charge is 0.295 e. The Morgan fingerprint density at radius 2 is 2.06 bits per heavy atom. The van der Waals surface area contributed by atoms with Gasteiger partial charge in [-0.2, -0.15) is 0 Å². The second-order valence-electron chi connectivity index (χ2n) is 5.11. The molecule has 1 nitrogen and oxygen atoms in total. The first-order valence-electron chi connectivity index (χ1n) is 6.21. The molecule has 0 unspecified atom stereocenters. The minimum atomic E-state index is 0.0758. The van der Waals surface area contributed by atoms with Crippen LogP contribution in [-0.4, -0.2) is 5.78 Å². The quantitative estimate of drug-likeness (QED) is 0.680. The number of halogens is 1. The summed E-state index contributed by atoms with van der Waals surface area (Å²) in [6, 6.07) is 6.20. The van der Waals surface area contributed by atoms with E-state index in [9.17, 15) is 4.79 Å². The predicted molar refractivity (Wildman–Crippen MR) is 69.4 cm³/mol. The van der Waals surface area contributed by atoms with Gasteiger partial charge < -0.3 is 0 Å². The van der Waals surface area contributed by atoms with Crippen molar-refractivity contribution >= 4 is 17.4 Å². The van der Waals surface area contributed by atoms with Crippen molar-refractivity contribution < 1.29 is 4.79 Å². The van der Waals surface area contributed by atoms with E-state index in [2.05, 4.69) is 18.2 Å². The van der Waals surface area contributed by atoms with Gasteiger partial charge in [0.15, 0.2) is 5.78 Å². The van der Waals surface area contributed by atoms with Gasteiger partial charge in [0.2, 0.25) is 0 Å². The van der Waals surface area contributed by atoms with E-state index in [1.807, 2.05) is 6.07 Å². The van der Waals surface area contributed by atoms with E-state index in [0.717, 1.165) is 24.3 Å². The Labute approximate surface area is 106 Å². The minimum absolute atomic E-state index is 0.0758. The summed E-state index contributed by atoms with van der Waals surface area (Å²) in [5, 5.41) is 0.801. The minimum Gasteiger partial charge on any atom is -0.295 e. The lowest BCUT2D eigenvalue weighted by Gasteiger charge is -2.38. The van der Waals surface area contributed by atoms with Crippen LogP contribution in [0.4, 0.5) is 0 Å². The molecule has 2 aliphatic carbocycles. The highest BCUT2D eigenvalue weighted by Gasteiger charge is 2.36. The van der Waals surface area contributed by atoms with Crippen molar-refractivity contribution in [2.24, 2.45) is 0 Å². The Hall–Kier alpha value is -1.08. The Morgan fingerprint density at radius 3 is 2.82 bits per heavy atom. The molecule has 1 atom stereocenters. The molecule has 1 aromatic rings. The lowest BCUT2D eigenvalue weighted by molar-refractivity contribution is -0.115. The Kier molecular flexibility index (Phi) is 2.59. The third-order valence-electron chi connectivity index (χ3n) is 4.08. The van der Waals surface area contributed by atoms with Crippen molar-refractivity contribution in [1.29, 1.82) is 0 Å². The number of fused-ring (bicyclic) bond motifs is 2. The van der Waals surface area contributed by atoms with E-state index in [-0.39, 0.29) is 11.2 Å². The number of ketones is 1. The van der Waals surface area contributed by atoms with Crippen LogP contribution in [0.1, 0.15) is 36.8 Å². The molecule has 2 heteroatoms. The molecular formula is C15H15ClO. The Morgan fingerprint density at radius 1 is 1.18 bits per heavy atom. The zero-order valence-electron chi connectivity index (χ0n) is 9.71.